The Labute approximate surface area is 186 Å². The summed E-state index contributed by atoms with van der Waals surface area (Å²) in [7, 11) is 0. The van der Waals surface area contributed by atoms with Crippen molar-refractivity contribution in [3.8, 4) is 0 Å². The average Bonchev–Trinajstić information content (AvgIpc) is 3.36. The molecule has 7 nitrogen and oxygen atoms in total. The molecular formula is C23H17BrN2O5. The number of Topliss-reactive ketones (excluding diaryl/α,β-unsaturated/α-hetero) is 1. The molecule has 3 aromatic rings. The van der Waals surface area contributed by atoms with Gasteiger partial charge in [-0.3, -0.25) is 19.3 Å². The van der Waals surface area contributed by atoms with E-state index in [9.17, 15) is 19.5 Å². The van der Waals surface area contributed by atoms with E-state index < -0.39 is 17.7 Å². The maximum absolute atomic E-state index is 13.0. The second kappa shape index (κ2) is 8.23. The van der Waals surface area contributed by atoms with Crippen LogP contribution in [0.4, 0.5) is 11.4 Å². The average molecular weight is 481 g/mol. The zero-order valence-electron chi connectivity index (χ0n) is 16.3. The summed E-state index contributed by atoms with van der Waals surface area (Å²) in [6.07, 6.45) is 1.44. The van der Waals surface area contributed by atoms with E-state index in [0.717, 1.165) is 4.47 Å². The van der Waals surface area contributed by atoms with Gasteiger partial charge >= 0.3 is 0 Å². The van der Waals surface area contributed by atoms with Crippen LogP contribution in [0.2, 0.25) is 0 Å². The molecule has 0 radical (unpaired) electrons. The summed E-state index contributed by atoms with van der Waals surface area (Å²) in [5.74, 6) is -1.77. The molecule has 0 saturated carbocycles. The molecule has 156 valence electrons. The lowest BCUT2D eigenvalue weighted by Crippen LogP contribution is -2.29. The number of hydrogen-bond acceptors (Lipinski definition) is 5. The van der Waals surface area contributed by atoms with Gasteiger partial charge in [0.15, 0.2) is 0 Å². The third-order valence-corrected chi connectivity index (χ3v) is 5.37. The highest BCUT2D eigenvalue weighted by molar-refractivity contribution is 9.10. The highest BCUT2D eigenvalue weighted by Crippen LogP contribution is 2.42. The topological polar surface area (TPSA) is 99.9 Å². The minimum Gasteiger partial charge on any atom is -0.507 e. The van der Waals surface area contributed by atoms with E-state index in [-0.39, 0.29) is 17.2 Å². The Morgan fingerprint density at radius 1 is 1.06 bits per heavy atom. The maximum Gasteiger partial charge on any atom is 0.300 e. The molecule has 1 unspecified atom stereocenters. The highest BCUT2D eigenvalue weighted by atomic mass is 79.9. The summed E-state index contributed by atoms with van der Waals surface area (Å²) < 4.78 is 6.33. The number of aliphatic hydroxyl groups excluding tert-OH is 1. The predicted octanol–water partition coefficient (Wildman–Crippen LogP) is 4.63. The molecule has 1 aliphatic rings. The van der Waals surface area contributed by atoms with E-state index in [4.69, 9.17) is 4.42 Å². The summed E-state index contributed by atoms with van der Waals surface area (Å²) in [6, 6.07) is 15.6. The minimum absolute atomic E-state index is 0.0618. The van der Waals surface area contributed by atoms with Gasteiger partial charge in [0.25, 0.3) is 11.7 Å². The minimum atomic E-state index is -0.940. The van der Waals surface area contributed by atoms with E-state index in [1.54, 1.807) is 60.7 Å². The van der Waals surface area contributed by atoms with Crippen molar-refractivity contribution < 1.29 is 23.9 Å². The monoisotopic (exact) mass is 480 g/mol. The normalized spacial score (nSPS) is 17.7. The van der Waals surface area contributed by atoms with E-state index in [1.165, 1.54) is 18.1 Å². The number of rotatable bonds is 4. The number of nitrogens with one attached hydrogen (secondary N) is 1. The number of hydrogen-bond donors (Lipinski definition) is 2. The summed E-state index contributed by atoms with van der Waals surface area (Å²) >= 11 is 3.34. The highest BCUT2D eigenvalue weighted by Gasteiger charge is 2.48. The summed E-state index contributed by atoms with van der Waals surface area (Å²) in [4.78, 5) is 38.5. The van der Waals surface area contributed by atoms with Crippen LogP contribution in [-0.2, 0) is 14.4 Å². The molecular weight excluding hydrogens is 464 g/mol. The zero-order valence-corrected chi connectivity index (χ0v) is 17.9. The third kappa shape index (κ3) is 3.89. The van der Waals surface area contributed by atoms with Crippen LogP contribution in [0, 0.1) is 0 Å². The van der Waals surface area contributed by atoms with Crippen LogP contribution >= 0.6 is 15.9 Å². The molecule has 1 saturated heterocycles. The van der Waals surface area contributed by atoms with Crippen LogP contribution in [0.3, 0.4) is 0 Å². The lowest BCUT2D eigenvalue weighted by atomic mass is 9.99. The lowest BCUT2D eigenvalue weighted by Gasteiger charge is -2.23. The van der Waals surface area contributed by atoms with Crippen LogP contribution in [0.5, 0.6) is 0 Å². The number of aliphatic hydroxyl groups is 1. The van der Waals surface area contributed by atoms with Gasteiger partial charge in [-0.05, 0) is 48.5 Å². The predicted molar refractivity (Wildman–Crippen MR) is 118 cm³/mol. The van der Waals surface area contributed by atoms with Gasteiger partial charge in [-0.1, -0.05) is 28.1 Å². The van der Waals surface area contributed by atoms with Crippen molar-refractivity contribution in [2.24, 2.45) is 0 Å². The number of amides is 2. The molecule has 1 aromatic heterocycles. The number of nitrogens with zero attached hydrogens (tertiary/aromatic N) is 1. The van der Waals surface area contributed by atoms with Gasteiger partial charge in [0.05, 0.1) is 11.8 Å². The Bertz CT molecular complexity index is 1180. The first-order valence-electron chi connectivity index (χ1n) is 9.35. The Morgan fingerprint density at radius 3 is 2.32 bits per heavy atom. The lowest BCUT2D eigenvalue weighted by molar-refractivity contribution is -0.132. The van der Waals surface area contributed by atoms with Crippen molar-refractivity contribution in [2.45, 2.75) is 13.0 Å². The molecule has 1 aliphatic heterocycles. The summed E-state index contributed by atoms with van der Waals surface area (Å²) in [5, 5.41) is 13.6. The van der Waals surface area contributed by atoms with Crippen LogP contribution in [0.25, 0.3) is 5.76 Å². The second-order valence-corrected chi connectivity index (χ2v) is 7.84. The van der Waals surface area contributed by atoms with E-state index in [1.807, 2.05) is 0 Å². The number of carbonyl (C=O) groups is 3. The Balaban J connectivity index is 1.83. The van der Waals surface area contributed by atoms with Gasteiger partial charge in [0.2, 0.25) is 5.91 Å². The maximum atomic E-state index is 13.0. The van der Waals surface area contributed by atoms with Gasteiger partial charge in [-0.25, -0.2) is 0 Å². The van der Waals surface area contributed by atoms with Crippen molar-refractivity contribution in [1.29, 1.82) is 0 Å². The zero-order chi connectivity index (χ0) is 22.1. The summed E-state index contributed by atoms with van der Waals surface area (Å²) in [6.45, 7) is 1.39. The fraction of sp³-hybridized carbons (Fsp3) is 0.0870. The van der Waals surface area contributed by atoms with Gasteiger partial charge in [-0.15, -0.1) is 0 Å². The van der Waals surface area contributed by atoms with Gasteiger partial charge in [-0.2, -0.15) is 0 Å². The molecule has 1 atom stereocenters. The van der Waals surface area contributed by atoms with E-state index in [0.29, 0.717) is 22.7 Å². The van der Waals surface area contributed by atoms with Crippen molar-refractivity contribution in [1.82, 2.24) is 0 Å². The smallest absolute Gasteiger partial charge is 0.300 e. The second-order valence-electron chi connectivity index (χ2n) is 6.92. The third-order valence-electron chi connectivity index (χ3n) is 4.84. The number of furan rings is 1. The Morgan fingerprint density at radius 2 is 1.74 bits per heavy atom. The Hall–Kier alpha value is -3.65. The molecule has 2 aromatic carbocycles. The van der Waals surface area contributed by atoms with Crippen molar-refractivity contribution in [3.05, 3.63) is 88.3 Å². The van der Waals surface area contributed by atoms with Crippen molar-refractivity contribution in [2.75, 3.05) is 10.2 Å². The SMILES string of the molecule is CC(=O)Nc1ccc(N2C(=O)C(=O)/C(=C(\O)c3ccc(Br)cc3)C2c2ccco2)cc1. The first kappa shape index (κ1) is 20.6. The molecule has 0 aliphatic carbocycles. The van der Waals surface area contributed by atoms with Crippen LogP contribution in [-0.4, -0.2) is 22.7 Å². The number of benzene rings is 2. The Kier molecular flexibility index (Phi) is 5.48. The van der Waals surface area contributed by atoms with Gasteiger partial charge < -0.3 is 14.8 Å². The molecule has 1 fully saturated rings. The number of ketones is 1. The molecule has 0 spiro atoms. The molecule has 2 N–H and O–H groups in total. The molecule has 4 rings (SSSR count). The van der Waals surface area contributed by atoms with Crippen LogP contribution in [0.1, 0.15) is 24.3 Å². The van der Waals surface area contributed by atoms with Crippen LogP contribution < -0.4 is 10.2 Å². The standard InChI is InChI=1S/C23H17BrN2O5/c1-13(27)25-16-8-10-17(11-9-16)26-20(18-3-2-12-31-18)19(22(29)23(26)30)21(28)14-4-6-15(24)7-5-14/h2-12,20,28H,1H3,(H,25,27)/b21-19-. The van der Waals surface area contributed by atoms with Crippen molar-refractivity contribution in [3.63, 3.8) is 0 Å². The number of anilines is 2. The first-order chi connectivity index (χ1) is 14.9. The molecule has 2 amide bonds. The number of carbonyl (C=O) groups excluding carboxylic acids is 3. The number of halogens is 1. The molecule has 0 bridgehead atoms. The quantitative estimate of drug-likeness (QED) is 0.322. The fourth-order valence-electron chi connectivity index (χ4n) is 3.49. The van der Waals surface area contributed by atoms with Gasteiger partial charge in [0, 0.05) is 28.3 Å². The largest absolute Gasteiger partial charge is 0.507 e. The molecule has 2 heterocycles. The summed E-state index contributed by atoms with van der Waals surface area (Å²) in [5.41, 5.74) is 1.32. The first-order valence-corrected chi connectivity index (χ1v) is 10.1. The fourth-order valence-corrected chi connectivity index (χ4v) is 3.75. The van der Waals surface area contributed by atoms with E-state index >= 15 is 0 Å². The van der Waals surface area contributed by atoms with Crippen LogP contribution in [0.15, 0.2) is 81.4 Å². The molecule has 31 heavy (non-hydrogen) atoms. The van der Waals surface area contributed by atoms with Crippen molar-refractivity contribution >= 4 is 50.7 Å². The van der Waals surface area contributed by atoms with E-state index in [2.05, 4.69) is 21.2 Å². The molecule has 8 heteroatoms. The van der Waals surface area contributed by atoms with Gasteiger partial charge in [0.1, 0.15) is 17.6 Å².